The lowest BCUT2D eigenvalue weighted by Gasteiger charge is -2.43. The van der Waals surface area contributed by atoms with Crippen LogP contribution in [-0.2, 0) is 37.8 Å². The van der Waals surface area contributed by atoms with Crippen LogP contribution in [-0.4, -0.2) is 75.4 Å². The molecule has 2 atom stereocenters. The number of ether oxygens (including phenoxy) is 3. The van der Waals surface area contributed by atoms with Crippen LogP contribution >= 0.6 is 0 Å². The van der Waals surface area contributed by atoms with Crippen LogP contribution in [0, 0.1) is 0 Å². The summed E-state index contributed by atoms with van der Waals surface area (Å²) in [6.07, 6.45) is -2.92. The van der Waals surface area contributed by atoms with Crippen LogP contribution in [0.2, 0.25) is 5.04 Å². The topological polar surface area (TPSA) is 146 Å². The first-order chi connectivity index (χ1) is 18.3. The number of hydrogen-bond acceptors (Lipinski definition) is 9. The minimum absolute atomic E-state index is 0.0747. The van der Waals surface area contributed by atoms with E-state index >= 15 is 0 Å². The highest BCUT2D eigenvalue weighted by molar-refractivity contribution is 6.99. The van der Waals surface area contributed by atoms with Gasteiger partial charge in [0.1, 0.15) is 0 Å². The first-order valence-corrected chi connectivity index (χ1v) is 14.2. The highest BCUT2D eigenvalue weighted by Gasteiger charge is 2.50. The van der Waals surface area contributed by atoms with Gasteiger partial charge in [-0.1, -0.05) is 81.4 Å². The summed E-state index contributed by atoms with van der Waals surface area (Å²) < 4.78 is 19.8. The van der Waals surface area contributed by atoms with E-state index in [4.69, 9.17) is 9.53 Å². The lowest BCUT2D eigenvalue weighted by atomic mass is 10.2. The Bertz CT molecular complexity index is 1030. The quantitative estimate of drug-likeness (QED) is 0.237. The molecule has 0 aliphatic carbocycles. The van der Waals surface area contributed by atoms with Gasteiger partial charge in [-0.05, 0) is 15.4 Å². The van der Waals surface area contributed by atoms with Crippen LogP contribution in [0.1, 0.15) is 40.5 Å². The summed E-state index contributed by atoms with van der Waals surface area (Å²) in [5.74, 6) is -3.31. The molecule has 0 saturated carbocycles. The summed E-state index contributed by atoms with van der Waals surface area (Å²) in [7, 11) is -0.248. The molecule has 0 aromatic heterocycles. The van der Waals surface area contributed by atoms with Crippen LogP contribution in [0.3, 0.4) is 0 Å². The Hall–Kier alpha value is -3.54. The van der Waals surface area contributed by atoms with Gasteiger partial charge < -0.3 is 28.8 Å². The van der Waals surface area contributed by atoms with Crippen molar-refractivity contribution in [1.29, 1.82) is 0 Å². The predicted octanol–water partition coefficient (Wildman–Crippen LogP) is 2.05. The van der Waals surface area contributed by atoms with Gasteiger partial charge in [-0.2, -0.15) is 0 Å². The van der Waals surface area contributed by atoms with E-state index in [0.29, 0.717) is 0 Å². The zero-order chi connectivity index (χ0) is 29.6. The summed E-state index contributed by atoms with van der Waals surface area (Å²) in [6, 6.07) is 20.4. The number of carbonyl (C=O) groups excluding carboxylic acids is 3. The molecule has 0 amide bonds. The predicted molar refractivity (Wildman–Crippen MR) is 146 cm³/mol. The summed E-state index contributed by atoms with van der Waals surface area (Å²) in [4.78, 5) is 42.9. The Kier molecular flexibility index (Phi) is 13.5. The minimum atomic E-state index is -2.69. The Labute approximate surface area is 230 Å². The van der Waals surface area contributed by atoms with Gasteiger partial charge >= 0.3 is 23.9 Å². The summed E-state index contributed by atoms with van der Waals surface area (Å²) in [6.45, 7) is 7.67. The lowest BCUT2D eigenvalue weighted by molar-refractivity contribution is -0.166. The maximum absolute atomic E-state index is 11.5. The minimum Gasteiger partial charge on any atom is -0.478 e. The lowest BCUT2D eigenvalue weighted by Crippen LogP contribution is -2.67. The molecule has 0 radical (unpaired) electrons. The number of aliphatic hydroxyl groups is 1. The van der Waals surface area contributed by atoms with Crippen molar-refractivity contribution < 1.29 is 48.0 Å². The average molecular weight is 563 g/mol. The molecule has 2 aromatic carbocycles. The van der Waals surface area contributed by atoms with Gasteiger partial charge in [-0.15, -0.1) is 0 Å². The molecule has 0 aliphatic rings. The molecular formula is C28H38O10Si. The molecule has 0 bridgehead atoms. The Morgan fingerprint density at radius 1 is 0.821 bits per heavy atom. The van der Waals surface area contributed by atoms with Crippen molar-refractivity contribution in [1.82, 2.24) is 0 Å². The molecule has 0 heterocycles. The number of methoxy groups -OCH3 is 2. The van der Waals surface area contributed by atoms with E-state index in [9.17, 15) is 24.3 Å². The summed E-state index contributed by atoms with van der Waals surface area (Å²) >= 11 is 0. The second-order valence-electron chi connectivity index (χ2n) is 9.62. The smallest absolute Gasteiger partial charge is 0.345 e. The molecule has 2 N–H and O–H groups in total. The summed E-state index contributed by atoms with van der Waals surface area (Å²) in [5.41, 5.74) is 0. The fourth-order valence-corrected chi connectivity index (χ4v) is 8.53. The van der Waals surface area contributed by atoms with Crippen LogP contribution < -0.4 is 10.4 Å². The molecule has 0 fully saturated rings. The number of rotatable bonds is 11. The van der Waals surface area contributed by atoms with E-state index < -0.39 is 50.8 Å². The van der Waals surface area contributed by atoms with E-state index in [1.54, 1.807) is 0 Å². The fraction of sp³-hybridized carbons (Fsp3) is 0.429. The van der Waals surface area contributed by atoms with E-state index in [0.717, 1.165) is 24.4 Å². The molecule has 10 nitrogen and oxygen atoms in total. The van der Waals surface area contributed by atoms with Crippen molar-refractivity contribution in [3.8, 4) is 0 Å². The van der Waals surface area contributed by atoms with Gasteiger partial charge in [0.15, 0.2) is 0 Å². The van der Waals surface area contributed by atoms with Crippen molar-refractivity contribution >= 4 is 42.6 Å². The third kappa shape index (κ3) is 10.3. The van der Waals surface area contributed by atoms with Crippen molar-refractivity contribution in [3.63, 3.8) is 0 Å². The second kappa shape index (κ2) is 15.8. The molecule has 2 aromatic rings. The highest BCUT2D eigenvalue weighted by Crippen LogP contribution is 2.36. The van der Waals surface area contributed by atoms with Gasteiger partial charge in [0.2, 0.25) is 6.10 Å². The molecule has 11 heteroatoms. The largest absolute Gasteiger partial charge is 0.478 e. The molecule has 0 spiro atoms. The standard InChI is InChI=1S/C21H28O4Si.C7H10O6/c1-21(2,3)26(18-11-7-5-8-12-18,19-13-9-6-10-14-19)25-16-17(22)15-20(23)24-4;1-4(8)13-5(7(10)11)3-6(9)12-2/h5-14,17,22H,15-16H2,1-4H3;5H,3H2,1-2H3,(H,10,11)/t17-;5-/m00/s1. The van der Waals surface area contributed by atoms with Crippen LogP contribution in [0.4, 0.5) is 0 Å². The molecular weight excluding hydrogens is 524 g/mol. The SMILES string of the molecule is COC(=O)C[C@H](O)CO[Si](c1ccccc1)(c1ccccc1)C(C)(C)C.COC(=O)C[C@H](OC(C)=O)C(=O)O. The number of aliphatic carboxylic acids is 1. The van der Waals surface area contributed by atoms with Crippen LogP contribution in [0.25, 0.3) is 0 Å². The number of carboxylic acid groups (broad SMARTS) is 1. The van der Waals surface area contributed by atoms with Crippen molar-refractivity contribution in [2.45, 2.75) is 57.8 Å². The van der Waals surface area contributed by atoms with Crippen molar-refractivity contribution in [2.24, 2.45) is 0 Å². The highest BCUT2D eigenvalue weighted by atomic mass is 28.4. The maximum Gasteiger partial charge on any atom is 0.345 e. The number of aliphatic hydroxyl groups excluding tert-OH is 1. The number of hydrogen-bond donors (Lipinski definition) is 2. The van der Waals surface area contributed by atoms with Crippen LogP contribution in [0.15, 0.2) is 60.7 Å². The first-order valence-electron chi connectivity index (χ1n) is 12.2. The van der Waals surface area contributed by atoms with Gasteiger partial charge in [0.25, 0.3) is 8.32 Å². The Morgan fingerprint density at radius 2 is 1.26 bits per heavy atom. The zero-order valence-corrected chi connectivity index (χ0v) is 24.2. The molecule has 0 unspecified atom stereocenters. The van der Waals surface area contributed by atoms with Crippen molar-refractivity contribution in [2.75, 3.05) is 20.8 Å². The summed E-state index contributed by atoms with van der Waals surface area (Å²) in [5, 5.41) is 20.9. The molecule has 2 rings (SSSR count). The number of carbonyl (C=O) groups is 4. The van der Waals surface area contributed by atoms with E-state index in [1.807, 2.05) is 36.4 Å². The molecule has 0 aliphatic heterocycles. The average Bonchev–Trinajstić information content (AvgIpc) is 2.89. The van der Waals surface area contributed by atoms with E-state index in [1.165, 1.54) is 7.11 Å². The number of esters is 3. The van der Waals surface area contributed by atoms with Gasteiger partial charge in [-0.25, -0.2) is 4.79 Å². The monoisotopic (exact) mass is 562 g/mol. The van der Waals surface area contributed by atoms with Crippen molar-refractivity contribution in [3.05, 3.63) is 60.7 Å². The normalized spacial score (nSPS) is 12.7. The first kappa shape index (κ1) is 33.5. The Balaban J connectivity index is 0.000000495. The van der Waals surface area contributed by atoms with Crippen LogP contribution in [0.5, 0.6) is 0 Å². The number of carboxylic acids is 1. The fourth-order valence-electron chi connectivity index (χ4n) is 3.93. The zero-order valence-electron chi connectivity index (χ0n) is 23.2. The van der Waals surface area contributed by atoms with Gasteiger partial charge in [-0.3, -0.25) is 14.4 Å². The Morgan fingerprint density at radius 3 is 1.62 bits per heavy atom. The van der Waals surface area contributed by atoms with Gasteiger partial charge in [0.05, 0.1) is 39.8 Å². The number of benzene rings is 2. The maximum atomic E-state index is 11.5. The third-order valence-electron chi connectivity index (χ3n) is 5.70. The second-order valence-corrected chi connectivity index (χ2v) is 13.9. The molecule has 214 valence electrons. The van der Waals surface area contributed by atoms with E-state index in [-0.39, 0.29) is 18.1 Å². The third-order valence-corrected chi connectivity index (χ3v) is 10.7. The van der Waals surface area contributed by atoms with E-state index in [2.05, 4.69) is 59.2 Å². The van der Waals surface area contributed by atoms with Gasteiger partial charge in [0, 0.05) is 6.92 Å². The molecule has 39 heavy (non-hydrogen) atoms. The molecule has 0 saturated heterocycles.